The van der Waals surface area contributed by atoms with E-state index >= 15 is 0 Å². The maximum atomic E-state index is 13.1. The van der Waals surface area contributed by atoms with Gasteiger partial charge >= 0.3 is 0 Å². The van der Waals surface area contributed by atoms with Gasteiger partial charge in [-0.3, -0.25) is 4.79 Å². The van der Waals surface area contributed by atoms with Crippen molar-refractivity contribution in [2.24, 2.45) is 0 Å². The Balaban J connectivity index is 2.08. The molecule has 1 heterocycles. The standard InChI is InChI=1S/C20H17NO/c1-20(16-12-7-9-14-8-3-4-10-15(14)16)17-11-5-6-13-18(17)21(2)19(20)22/h3-13H,1-2H3/t20-/m1/s1. The highest BCUT2D eigenvalue weighted by molar-refractivity contribution is 6.11. The Morgan fingerprint density at radius 1 is 0.818 bits per heavy atom. The van der Waals surface area contributed by atoms with Gasteiger partial charge in [-0.2, -0.15) is 0 Å². The zero-order valence-corrected chi connectivity index (χ0v) is 12.7. The summed E-state index contributed by atoms with van der Waals surface area (Å²) in [5.41, 5.74) is 2.53. The van der Waals surface area contributed by atoms with Crippen molar-refractivity contribution >= 4 is 22.4 Å². The van der Waals surface area contributed by atoms with E-state index in [9.17, 15) is 4.79 Å². The van der Waals surface area contributed by atoms with Gasteiger partial charge in [-0.15, -0.1) is 0 Å². The summed E-state index contributed by atoms with van der Waals surface area (Å²) in [5.74, 6) is 0.130. The highest BCUT2D eigenvalue weighted by Crippen LogP contribution is 2.46. The Bertz CT molecular complexity index is 894. The fourth-order valence-corrected chi connectivity index (χ4v) is 3.67. The number of carbonyl (C=O) groups excluding carboxylic acids is 1. The van der Waals surface area contributed by atoms with Gasteiger partial charge in [0.25, 0.3) is 0 Å². The van der Waals surface area contributed by atoms with Gasteiger partial charge in [0.15, 0.2) is 0 Å². The van der Waals surface area contributed by atoms with E-state index in [0.29, 0.717) is 0 Å². The van der Waals surface area contributed by atoms with E-state index in [-0.39, 0.29) is 5.91 Å². The van der Waals surface area contributed by atoms with E-state index in [1.165, 1.54) is 5.39 Å². The molecule has 0 unspecified atom stereocenters. The number of amides is 1. The number of anilines is 1. The lowest BCUT2D eigenvalue weighted by molar-refractivity contribution is -0.121. The van der Waals surface area contributed by atoms with E-state index in [2.05, 4.69) is 30.3 Å². The first-order valence-electron chi connectivity index (χ1n) is 7.50. The second-order valence-corrected chi connectivity index (χ2v) is 6.03. The average molecular weight is 287 g/mol. The molecular formula is C20H17NO. The first-order valence-corrected chi connectivity index (χ1v) is 7.50. The van der Waals surface area contributed by atoms with Crippen molar-refractivity contribution in [1.29, 1.82) is 0 Å². The van der Waals surface area contributed by atoms with Crippen molar-refractivity contribution in [3.63, 3.8) is 0 Å². The summed E-state index contributed by atoms with van der Waals surface area (Å²) in [4.78, 5) is 14.8. The molecular weight excluding hydrogens is 270 g/mol. The van der Waals surface area contributed by atoms with Crippen LogP contribution < -0.4 is 4.90 Å². The predicted octanol–water partition coefficient (Wildman–Crippen LogP) is 4.12. The van der Waals surface area contributed by atoms with Crippen LogP contribution in [0.25, 0.3) is 10.8 Å². The third-order valence-corrected chi connectivity index (χ3v) is 4.86. The monoisotopic (exact) mass is 287 g/mol. The molecule has 0 N–H and O–H groups in total. The zero-order chi connectivity index (χ0) is 15.3. The second-order valence-electron chi connectivity index (χ2n) is 6.03. The van der Waals surface area contributed by atoms with Crippen molar-refractivity contribution in [1.82, 2.24) is 0 Å². The lowest BCUT2D eigenvalue weighted by Gasteiger charge is -2.25. The van der Waals surface area contributed by atoms with Crippen LogP contribution in [0.5, 0.6) is 0 Å². The number of para-hydroxylation sites is 1. The lowest BCUT2D eigenvalue weighted by Crippen LogP contribution is -2.37. The molecule has 0 aliphatic carbocycles. The number of hydrogen-bond donors (Lipinski definition) is 0. The minimum absolute atomic E-state index is 0.130. The molecule has 22 heavy (non-hydrogen) atoms. The molecule has 1 aliphatic rings. The molecule has 0 fully saturated rings. The molecule has 1 atom stereocenters. The first kappa shape index (κ1) is 13.1. The van der Waals surface area contributed by atoms with Gasteiger partial charge in [0.2, 0.25) is 5.91 Å². The van der Waals surface area contributed by atoms with Gasteiger partial charge in [0, 0.05) is 12.7 Å². The van der Waals surface area contributed by atoms with Crippen molar-refractivity contribution in [2.45, 2.75) is 12.3 Å². The van der Waals surface area contributed by atoms with Gasteiger partial charge in [-0.05, 0) is 34.9 Å². The molecule has 1 aliphatic heterocycles. The number of benzene rings is 3. The van der Waals surface area contributed by atoms with Crippen molar-refractivity contribution in [3.05, 3.63) is 77.9 Å². The minimum Gasteiger partial charge on any atom is -0.314 e. The van der Waals surface area contributed by atoms with Crippen molar-refractivity contribution < 1.29 is 4.79 Å². The molecule has 4 rings (SSSR count). The Morgan fingerprint density at radius 3 is 2.32 bits per heavy atom. The van der Waals surface area contributed by atoms with E-state index in [0.717, 1.165) is 22.2 Å². The highest BCUT2D eigenvalue weighted by Gasteiger charge is 2.47. The van der Waals surface area contributed by atoms with Gasteiger partial charge < -0.3 is 4.90 Å². The Hall–Kier alpha value is -2.61. The fraction of sp³-hybridized carbons (Fsp3) is 0.150. The normalized spacial score (nSPS) is 20.5. The molecule has 2 heteroatoms. The van der Waals surface area contributed by atoms with Crippen molar-refractivity contribution in [2.75, 3.05) is 11.9 Å². The van der Waals surface area contributed by atoms with Crippen LogP contribution in [-0.2, 0) is 10.2 Å². The molecule has 1 amide bonds. The van der Waals surface area contributed by atoms with E-state index in [1.54, 1.807) is 4.90 Å². The Morgan fingerprint density at radius 2 is 1.45 bits per heavy atom. The summed E-state index contributed by atoms with van der Waals surface area (Å²) in [6.45, 7) is 2.04. The average Bonchev–Trinajstić information content (AvgIpc) is 2.77. The highest BCUT2D eigenvalue weighted by atomic mass is 16.2. The van der Waals surface area contributed by atoms with Crippen LogP contribution in [0, 0.1) is 0 Å². The molecule has 108 valence electrons. The smallest absolute Gasteiger partial charge is 0.241 e. The summed E-state index contributed by atoms with van der Waals surface area (Å²) >= 11 is 0. The van der Waals surface area contributed by atoms with Crippen LogP contribution in [0.2, 0.25) is 0 Å². The van der Waals surface area contributed by atoms with Gasteiger partial charge in [0.05, 0.1) is 5.41 Å². The summed E-state index contributed by atoms with van der Waals surface area (Å²) in [6.07, 6.45) is 0. The molecule has 0 saturated heterocycles. The van der Waals surface area contributed by atoms with Crippen LogP contribution in [-0.4, -0.2) is 13.0 Å². The van der Waals surface area contributed by atoms with Crippen molar-refractivity contribution in [3.8, 4) is 0 Å². The molecule has 3 aromatic rings. The summed E-state index contributed by atoms with van der Waals surface area (Å²) in [5, 5.41) is 2.31. The number of likely N-dealkylation sites (N-methyl/N-ethyl adjacent to an activating group) is 1. The minimum atomic E-state index is -0.633. The maximum absolute atomic E-state index is 13.1. The number of nitrogens with zero attached hydrogens (tertiary/aromatic N) is 1. The van der Waals surface area contributed by atoms with E-state index in [4.69, 9.17) is 0 Å². The molecule has 0 saturated carbocycles. The van der Waals surface area contributed by atoms with Crippen LogP contribution >= 0.6 is 0 Å². The molecule has 0 radical (unpaired) electrons. The number of rotatable bonds is 1. The Kier molecular flexibility index (Phi) is 2.64. The lowest BCUT2D eigenvalue weighted by atomic mass is 9.75. The molecule has 0 bridgehead atoms. The molecule has 2 nitrogen and oxygen atoms in total. The Labute approximate surface area is 130 Å². The second kappa shape index (κ2) is 4.44. The van der Waals surface area contributed by atoms with Gasteiger partial charge in [-0.25, -0.2) is 0 Å². The number of hydrogen-bond acceptors (Lipinski definition) is 1. The third kappa shape index (κ3) is 1.52. The van der Waals surface area contributed by atoms with Gasteiger partial charge in [-0.1, -0.05) is 60.7 Å². The summed E-state index contributed by atoms with van der Waals surface area (Å²) in [7, 11) is 1.86. The van der Waals surface area contributed by atoms with E-state index in [1.807, 2.05) is 50.4 Å². The van der Waals surface area contributed by atoms with Gasteiger partial charge in [0.1, 0.15) is 0 Å². The van der Waals surface area contributed by atoms with Crippen LogP contribution in [0.4, 0.5) is 5.69 Å². The SMILES string of the molecule is CN1C(=O)[C@](C)(c2cccc3ccccc23)c2ccccc21. The quantitative estimate of drug-likeness (QED) is 0.659. The fourth-order valence-electron chi connectivity index (χ4n) is 3.67. The summed E-state index contributed by atoms with van der Waals surface area (Å²) < 4.78 is 0. The number of fused-ring (bicyclic) bond motifs is 2. The molecule has 0 aromatic heterocycles. The topological polar surface area (TPSA) is 20.3 Å². The largest absolute Gasteiger partial charge is 0.314 e. The molecule has 0 spiro atoms. The molecule has 3 aromatic carbocycles. The van der Waals surface area contributed by atoms with E-state index < -0.39 is 5.41 Å². The zero-order valence-electron chi connectivity index (χ0n) is 12.7. The van der Waals surface area contributed by atoms with Crippen LogP contribution in [0.1, 0.15) is 18.1 Å². The predicted molar refractivity (Wildman–Crippen MR) is 90.3 cm³/mol. The van der Waals surface area contributed by atoms with Crippen LogP contribution in [0.3, 0.4) is 0 Å². The number of carbonyl (C=O) groups is 1. The maximum Gasteiger partial charge on any atom is 0.241 e. The first-order chi connectivity index (χ1) is 10.6. The van der Waals surface area contributed by atoms with Crippen LogP contribution in [0.15, 0.2) is 66.7 Å². The third-order valence-electron chi connectivity index (χ3n) is 4.86. The summed E-state index contributed by atoms with van der Waals surface area (Å²) in [6, 6.07) is 22.6.